The van der Waals surface area contributed by atoms with Crippen LogP contribution in [0, 0.1) is 0 Å². The van der Waals surface area contributed by atoms with Gasteiger partial charge in [-0.05, 0) is 12.8 Å². The first kappa shape index (κ1) is 16.0. The predicted octanol–water partition coefficient (Wildman–Crippen LogP) is 0.941. The molecule has 2 N–H and O–H groups in total. The van der Waals surface area contributed by atoms with Crippen LogP contribution in [0.3, 0.4) is 0 Å². The van der Waals surface area contributed by atoms with Crippen molar-refractivity contribution in [3.63, 3.8) is 0 Å². The topological polar surface area (TPSA) is 102 Å². The molecule has 1 aliphatic heterocycles. The number of carboxylic acids is 1. The maximum Gasteiger partial charge on any atom is 0.350 e. The van der Waals surface area contributed by atoms with Gasteiger partial charge in [0.05, 0.1) is 0 Å². The normalized spacial score (nSPS) is 17.2. The van der Waals surface area contributed by atoms with E-state index in [1.54, 1.807) is 0 Å². The molecule has 0 saturated carbocycles. The van der Waals surface area contributed by atoms with E-state index in [0.29, 0.717) is 13.0 Å². The standard InChI is InChI=1S/C13H19NO6/c1-13(2)19-11(17)9(12(18)20-13)8-14-7-5-3-4-6-10(15)16/h8,14H,3-7H2,1-2H3,(H,15,16). The molecule has 20 heavy (non-hydrogen) atoms. The van der Waals surface area contributed by atoms with Crippen molar-refractivity contribution in [2.24, 2.45) is 0 Å². The number of hydrogen-bond acceptors (Lipinski definition) is 6. The van der Waals surface area contributed by atoms with Crippen LogP contribution in [0.2, 0.25) is 0 Å². The fourth-order valence-corrected chi connectivity index (χ4v) is 1.63. The Balaban J connectivity index is 2.30. The fraction of sp³-hybridized carbons (Fsp3) is 0.615. The Morgan fingerprint density at radius 3 is 2.35 bits per heavy atom. The van der Waals surface area contributed by atoms with Crippen LogP contribution in [-0.4, -0.2) is 35.3 Å². The summed E-state index contributed by atoms with van der Waals surface area (Å²) < 4.78 is 9.85. The minimum atomic E-state index is -1.23. The summed E-state index contributed by atoms with van der Waals surface area (Å²) in [6.07, 6.45) is 3.52. The van der Waals surface area contributed by atoms with Crippen molar-refractivity contribution in [2.45, 2.75) is 45.3 Å². The molecule has 0 radical (unpaired) electrons. The summed E-state index contributed by atoms with van der Waals surface area (Å²) in [5.41, 5.74) is -0.171. The monoisotopic (exact) mass is 285 g/mol. The van der Waals surface area contributed by atoms with Crippen LogP contribution >= 0.6 is 0 Å². The second-order valence-corrected chi connectivity index (χ2v) is 4.90. The number of carboxylic acid groups (broad SMARTS) is 1. The van der Waals surface area contributed by atoms with Gasteiger partial charge in [0.25, 0.3) is 5.79 Å². The van der Waals surface area contributed by atoms with Crippen LogP contribution in [0.25, 0.3) is 0 Å². The summed E-state index contributed by atoms with van der Waals surface area (Å²) in [5.74, 6) is -3.48. The molecule has 1 rings (SSSR count). The highest BCUT2D eigenvalue weighted by molar-refractivity contribution is 6.15. The third-order valence-electron chi connectivity index (χ3n) is 2.57. The minimum absolute atomic E-state index is 0.148. The number of carbonyl (C=O) groups excluding carboxylic acids is 2. The van der Waals surface area contributed by atoms with Gasteiger partial charge in [0.15, 0.2) is 5.57 Å². The molecule has 1 aliphatic rings. The van der Waals surface area contributed by atoms with Gasteiger partial charge in [-0.15, -0.1) is 0 Å². The highest BCUT2D eigenvalue weighted by Gasteiger charge is 2.38. The van der Waals surface area contributed by atoms with Crippen molar-refractivity contribution in [3.8, 4) is 0 Å². The van der Waals surface area contributed by atoms with Gasteiger partial charge in [-0.3, -0.25) is 4.79 Å². The lowest BCUT2D eigenvalue weighted by atomic mass is 10.2. The highest BCUT2D eigenvalue weighted by atomic mass is 16.7. The zero-order valence-corrected chi connectivity index (χ0v) is 11.6. The Kier molecular flexibility index (Phi) is 5.54. The van der Waals surface area contributed by atoms with Crippen LogP contribution in [0.5, 0.6) is 0 Å². The Labute approximate surface area is 116 Å². The van der Waals surface area contributed by atoms with E-state index in [-0.39, 0.29) is 12.0 Å². The van der Waals surface area contributed by atoms with E-state index >= 15 is 0 Å². The molecule has 0 aliphatic carbocycles. The average molecular weight is 285 g/mol. The van der Waals surface area contributed by atoms with E-state index in [9.17, 15) is 14.4 Å². The first-order chi connectivity index (χ1) is 9.32. The van der Waals surface area contributed by atoms with Crippen LogP contribution in [0.1, 0.15) is 39.5 Å². The van der Waals surface area contributed by atoms with Gasteiger partial charge < -0.3 is 19.9 Å². The van der Waals surface area contributed by atoms with E-state index in [1.165, 1.54) is 20.0 Å². The molecule has 0 bridgehead atoms. The third kappa shape index (κ3) is 5.29. The number of esters is 2. The van der Waals surface area contributed by atoms with Crippen LogP contribution in [-0.2, 0) is 23.9 Å². The molecular weight excluding hydrogens is 266 g/mol. The van der Waals surface area contributed by atoms with Crippen molar-refractivity contribution >= 4 is 17.9 Å². The second-order valence-electron chi connectivity index (χ2n) is 4.90. The second kappa shape index (κ2) is 6.93. The van der Waals surface area contributed by atoms with E-state index < -0.39 is 23.7 Å². The molecule has 1 saturated heterocycles. The molecule has 0 atom stereocenters. The first-order valence-electron chi connectivity index (χ1n) is 6.44. The van der Waals surface area contributed by atoms with Gasteiger partial charge in [-0.2, -0.15) is 0 Å². The van der Waals surface area contributed by atoms with Gasteiger partial charge >= 0.3 is 17.9 Å². The Hall–Kier alpha value is -2.05. The molecule has 0 aromatic heterocycles. The molecular formula is C13H19NO6. The minimum Gasteiger partial charge on any atom is -0.481 e. The van der Waals surface area contributed by atoms with Gasteiger partial charge in [0.1, 0.15) is 0 Å². The molecule has 7 heteroatoms. The summed E-state index contributed by atoms with van der Waals surface area (Å²) in [5, 5.41) is 11.3. The molecule has 1 heterocycles. The number of rotatable bonds is 7. The lowest BCUT2D eigenvalue weighted by Crippen LogP contribution is -2.42. The van der Waals surface area contributed by atoms with Gasteiger partial charge in [0.2, 0.25) is 0 Å². The highest BCUT2D eigenvalue weighted by Crippen LogP contribution is 2.21. The predicted molar refractivity (Wildman–Crippen MR) is 68.5 cm³/mol. The molecule has 7 nitrogen and oxygen atoms in total. The number of unbranched alkanes of at least 4 members (excludes halogenated alkanes) is 2. The fourth-order valence-electron chi connectivity index (χ4n) is 1.63. The van der Waals surface area contributed by atoms with Gasteiger partial charge in [0, 0.05) is 33.0 Å². The Morgan fingerprint density at radius 1 is 1.20 bits per heavy atom. The zero-order chi connectivity index (χ0) is 15.2. The first-order valence-corrected chi connectivity index (χ1v) is 6.44. The maximum atomic E-state index is 11.6. The number of cyclic esters (lactones) is 2. The summed E-state index contributed by atoms with van der Waals surface area (Å²) in [4.78, 5) is 33.4. The van der Waals surface area contributed by atoms with Crippen LogP contribution in [0.4, 0.5) is 0 Å². The van der Waals surface area contributed by atoms with Crippen molar-refractivity contribution in [2.75, 3.05) is 6.54 Å². The lowest BCUT2D eigenvalue weighted by molar-refractivity contribution is -0.222. The number of aliphatic carboxylic acids is 1. The summed E-state index contributed by atoms with van der Waals surface area (Å²) in [7, 11) is 0. The molecule has 112 valence electrons. The van der Waals surface area contributed by atoms with E-state index in [0.717, 1.165) is 12.8 Å². The molecule has 0 amide bonds. The smallest absolute Gasteiger partial charge is 0.350 e. The largest absolute Gasteiger partial charge is 0.481 e. The van der Waals surface area contributed by atoms with Crippen LogP contribution in [0.15, 0.2) is 11.8 Å². The molecule has 0 aromatic rings. The number of ether oxygens (including phenoxy) is 2. The van der Waals surface area contributed by atoms with Crippen molar-refractivity contribution in [1.82, 2.24) is 5.32 Å². The van der Waals surface area contributed by atoms with Gasteiger partial charge in [-0.25, -0.2) is 9.59 Å². The maximum absolute atomic E-state index is 11.6. The summed E-state index contributed by atoms with van der Waals surface area (Å²) in [6.45, 7) is 3.50. The average Bonchev–Trinajstić information content (AvgIpc) is 2.28. The SMILES string of the molecule is CC1(C)OC(=O)C(=CNCCCCCC(=O)O)C(=O)O1. The van der Waals surface area contributed by atoms with Crippen molar-refractivity contribution in [1.29, 1.82) is 0 Å². The van der Waals surface area contributed by atoms with Crippen molar-refractivity contribution < 1.29 is 29.0 Å². The zero-order valence-electron chi connectivity index (χ0n) is 11.6. The third-order valence-corrected chi connectivity index (χ3v) is 2.57. The summed E-state index contributed by atoms with van der Waals surface area (Å²) >= 11 is 0. The van der Waals surface area contributed by atoms with Crippen LogP contribution < -0.4 is 5.32 Å². The lowest BCUT2D eigenvalue weighted by Gasteiger charge is -2.29. The quantitative estimate of drug-likeness (QED) is 0.310. The van der Waals surface area contributed by atoms with Crippen molar-refractivity contribution in [3.05, 3.63) is 11.8 Å². The Morgan fingerprint density at radius 2 is 1.80 bits per heavy atom. The van der Waals surface area contributed by atoms with E-state index in [2.05, 4.69) is 5.32 Å². The number of nitrogens with one attached hydrogen (secondary N) is 1. The van der Waals surface area contributed by atoms with E-state index in [4.69, 9.17) is 14.6 Å². The molecule has 0 unspecified atom stereocenters. The molecule has 1 fully saturated rings. The molecule has 0 spiro atoms. The molecule has 0 aromatic carbocycles. The summed E-state index contributed by atoms with van der Waals surface area (Å²) in [6, 6.07) is 0. The Bertz CT molecular complexity index is 405. The number of carbonyl (C=O) groups is 3. The van der Waals surface area contributed by atoms with E-state index in [1.807, 2.05) is 0 Å². The van der Waals surface area contributed by atoms with Gasteiger partial charge in [-0.1, -0.05) is 6.42 Å². The number of hydrogen-bond donors (Lipinski definition) is 2.